The Bertz CT molecular complexity index is 817. The van der Waals surface area contributed by atoms with Crippen LogP contribution in [0.15, 0.2) is 28.8 Å². The maximum absolute atomic E-state index is 13.2. The van der Waals surface area contributed by atoms with Crippen molar-refractivity contribution in [3.8, 4) is 11.4 Å². The van der Waals surface area contributed by atoms with E-state index in [4.69, 9.17) is 9.26 Å². The predicted octanol–water partition coefficient (Wildman–Crippen LogP) is 3.19. The highest BCUT2D eigenvalue weighted by molar-refractivity contribution is 5.74. The van der Waals surface area contributed by atoms with Crippen molar-refractivity contribution in [2.24, 2.45) is 5.41 Å². The van der Waals surface area contributed by atoms with E-state index in [9.17, 15) is 9.18 Å². The highest BCUT2D eigenvalue weighted by atomic mass is 19.1. The minimum Gasteiger partial charge on any atom is -0.381 e. The maximum atomic E-state index is 13.2. The van der Waals surface area contributed by atoms with Crippen LogP contribution in [0.1, 0.15) is 38.0 Å². The Morgan fingerprint density at radius 2 is 2.07 bits per heavy atom. The van der Waals surface area contributed by atoms with E-state index >= 15 is 0 Å². The molecule has 0 aliphatic carbocycles. The number of amides is 2. The summed E-state index contributed by atoms with van der Waals surface area (Å²) in [5, 5.41) is 7.06. The van der Waals surface area contributed by atoms with Crippen molar-refractivity contribution >= 4 is 6.03 Å². The molecule has 1 spiro atoms. The molecule has 1 aromatic carbocycles. The minimum absolute atomic E-state index is 0.0366. The Hall–Kier alpha value is -2.48. The lowest BCUT2D eigenvalue weighted by molar-refractivity contribution is 0.00943. The molecule has 2 aromatic rings. The van der Waals surface area contributed by atoms with Crippen molar-refractivity contribution < 1.29 is 18.4 Å². The molecule has 1 N–H and O–H groups in total. The number of rotatable bonds is 4. The molecule has 3 heterocycles. The molecule has 28 heavy (non-hydrogen) atoms. The van der Waals surface area contributed by atoms with Crippen LogP contribution in [0.4, 0.5) is 9.18 Å². The van der Waals surface area contributed by atoms with Crippen molar-refractivity contribution in [1.29, 1.82) is 0 Å². The van der Waals surface area contributed by atoms with Gasteiger partial charge in [-0.15, -0.1) is 0 Å². The first-order chi connectivity index (χ1) is 13.6. The van der Waals surface area contributed by atoms with Crippen LogP contribution in [0.2, 0.25) is 0 Å². The number of halogens is 1. The summed E-state index contributed by atoms with van der Waals surface area (Å²) in [4.78, 5) is 19.0. The van der Waals surface area contributed by atoms with Crippen LogP contribution in [-0.4, -0.2) is 53.9 Å². The highest BCUT2D eigenvalue weighted by Gasteiger charge is 2.51. The summed E-state index contributed by atoms with van der Waals surface area (Å²) in [5.74, 6) is 0.627. The van der Waals surface area contributed by atoms with Crippen LogP contribution in [0.25, 0.3) is 11.4 Å². The summed E-state index contributed by atoms with van der Waals surface area (Å²) in [6.07, 6.45) is 2.60. The number of carbonyl (C=O) groups is 1. The number of hydrogen-bond acceptors (Lipinski definition) is 5. The number of urea groups is 1. The number of carbonyl (C=O) groups excluding carboxylic acids is 1. The number of nitrogens with zero attached hydrogens (tertiary/aromatic N) is 3. The number of benzene rings is 1. The zero-order valence-corrected chi connectivity index (χ0v) is 16.0. The monoisotopic (exact) mass is 388 g/mol. The van der Waals surface area contributed by atoms with Crippen LogP contribution in [-0.2, 0) is 4.74 Å². The number of hydrogen-bond donors (Lipinski definition) is 1. The zero-order valence-electron chi connectivity index (χ0n) is 16.0. The summed E-state index contributed by atoms with van der Waals surface area (Å²) >= 11 is 0. The number of ether oxygens (including phenoxy) is 1. The Kier molecular flexibility index (Phi) is 5.30. The summed E-state index contributed by atoms with van der Waals surface area (Å²) in [6, 6.07) is 5.97. The van der Waals surface area contributed by atoms with Gasteiger partial charge >= 0.3 is 6.03 Å². The molecule has 1 aromatic heterocycles. The van der Waals surface area contributed by atoms with Gasteiger partial charge in [-0.1, -0.05) is 12.1 Å². The van der Waals surface area contributed by atoms with Crippen LogP contribution in [0.3, 0.4) is 0 Å². The lowest BCUT2D eigenvalue weighted by Crippen LogP contribution is -2.41. The topological polar surface area (TPSA) is 80.5 Å². The van der Waals surface area contributed by atoms with E-state index in [-0.39, 0.29) is 23.2 Å². The Labute approximate surface area is 163 Å². The second kappa shape index (κ2) is 7.87. The summed E-state index contributed by atoms with van der Waals surface area (Å²) in [6.45, 7) is 5.22. The lowest BCUT2D eigenvalue weighted by atomic mass is 9.72. The van der Waals surface area contributed by atoms with Crippen LogP contribution in [0, 0.1) is 11.2 Å². The lowest BCUT2D eigenvalue weighted by Gasteiger charge is -2.36. The molecule has 7 nitrogen and oxygen atoms in total. The average molecular weight is 388 g/mol. The third-order valence-electron chi connectivity index (χ3n) is 5.79. The Balaban J connectivity index is 1.59. The van der Waals surface area contributed by atoms with E-state index < -0.39 is 0 Å². The van der Waals surface area contributed by atoms with Crippen LogP contribution >= 0.6 is 0 Å². The van der Waals surface area contributed by atoms with Gasteiger partial charge in [0.25, 0.3) is 0 Å². The molecule has 4 rings (SSSR count). The van der Waals surface area contributed by atoms with Crippen molar-refractivity contribution in [1.82, 2.24) is 20.4 Å². The number of likely N-dealkylation sites (tertiary alicyclic amines) is 1. The molecule has 0 unspecified atom stereocenters. The highest BCUT2D eigenvalue weighted by Crippen LogP contribution is 2.49. The quantitative estimate of drug-likeness (QED) is 0.870. The summed E-state index contributed by atoms with van der Waals surface area (Å²) in [7, 11) is 0. The third-order valence-corrected chi connectivity index (χ3v) is 5.79. The average Bonchev–Trinajstić information content (AvgIpc) is 3.33. The first-order valence-corrected chi connectivity index (χ1v) is 9.81. The zero-order chi connectivity index (χ0) is 19.6. The maximum Gasteiger partial charge on any atom is 0.317 e. The van der Waals surface area contributed by atoms with Crippen molar-refractivity contribution in [2.45, 2.75) is 32.1 Å². The van der Waals surface area contributed by atoms with Gasteiger partial charge in [-0.05, 0) is 43.5 Å². The van der Waals surface area contributed by atoms with Gasteiger partial charge in [0.15, 0.2) is 0 Å². The molecule has 0 bridgehead atoms. The van der Waals surface area contributed by atoms with Gasteiger partial charge in [0.1, 0.15) is 5.82 Å². The van der Waals surface area contributed by atoms with E-state index in [1.165, 1.54) is 12.1 Å². The van der Waals surface area contributed by atoms with Gasteiger partial charge in [-0.3, -0.25) is 0 Å². The number of nitrogens with one attached hydrogen (secondary N) is 1. The standard InChI is InChI=1S/C20H25FN4O3/c1-2-9-22-19(26)25-12-16(20(13-25)7-10-27-11-8-20)18-23-17(24-28-18)14-3-5-15(21)6-4-14/h3-6,16H,2,7-13H2,1H3,(H,22,26)/t16-/m1/s1. The minimum atomic E-state index is -0.307. The molecular formula is C20H25FN4O3. The Morgan fingerprint density at radius 3 is 2.79 bits per heavy atom. The molecule has 8 heteroatoms. The van der Waals surface area contributed by atoms with Crippen molar-refractivity contribution in [2.75, 3.05) is 32.8 Å². The molecule has 0 radical (unpaired) electrons. The fraction of sp³-hybridized carbons (Fsp3) is 0.550. The molecule has 0 saturated carbocycles. The van der Waals surface area contributed by atoms with Crippen molar-refractivity contribution in [3.63, 3.8) is 0 Å². The van der Waals surface area contributed by atoms with Gasteiger partial charge in [0.05, 0.1) is 5.92 Å². The smallest absolute Gasteiger partial charge is 0.317 e. The molecule has 2 aliphatic heterocycles. The van der Waals surface area contributed by atoms with Crippen molar-refractivity contribution in [3.05, 3.63) is 36.0 Å². The fourth-order valence-electron chi connectivity index (χ4n) is 4.18. The second-order valence-corrected chi connectivity index (χ2v) is 7.60. The second-order valence-electron chi connectivity index (χ2n) is 7.60. The summed E-state index contributed by atoms with van der Waals surface area (Å²) in [5.41, 5.74) is 0.585. The van der Waals surface area contributed by atoms with E-state index in [1.807, 2.05) is 11.8 Å². The summed E-state index contributed by atoms with van der Waals surface area (Å²) < 4.78 is 24.4. The molecule has 2 aliphatic rings. The largest absolute Gasteiger partial charge is 0.381 e. The third kappa shape index (κ3) is 3.61. The van der Waals surface area contributed by atoms with E-state index in [2.05, 4.69) is 15.5 Å². The normalized spacial score (nSPS) is 21.2. The molecule has 1 atom stereocenters. The van der Waals surface area contributed by atoms with Gasteiger partial charge in [-0.2, -0.15) is 4.98 Å². The fourth-order valence-corrected chi connectivity index (χ4v) is 4.18. The predicted molar refractivity (Wildman–Crippen MR) is 100 cm³/mol. The van der Waals surface area contributed by atoms with Gasteiger partial charge < -0.3 is 19.5 Å². The Morgan fingerprint density at radius 1 is 1.32 bits per heavy atom. The van der Waals surface area contributed by atoms with E-state index in [1.54, 1.807) is 12.1 Å². The van der Waals surface area contributed by atoms with E-state index in [0.717, 1.165) is 19.3 Å². The first kappa shape index (κ1) is 18.9. The van der Waals surface area contributed by atoms with Crippen LogP contribution < -0.4 is 5.32 Å². The van der Waals surface area contributed by atoms with E-state index in [0.29, 0.717) is 50.1 Å². The molecule has 2 amide bonds. The van der Waals surface area contributed by atoms with Gasteiger partial charge in [-0.25, -0.2) is 9.18 Å². The molecule has 150 valence electrons. The van der Waals surface area contributed by atoms with Crippen LogP contribution in [0.5, 0.6) is 0 Å². The SMILES string of the molecule is CCCNC(=O)N1C[C@H](c2nc(-c3ccc(F)cc3)no2)C2(CCOCC2)C1. The molecule has 2 saturated heterocycles. The number of aromatic nitrogens is 2. The first-order valence-electron chi connectivity index (χ1n) is 9.81. The van der Waals surface area contributed by atoms with Gasteiger partial charge in [0.2, 0.25) is 11.7 Å². The molecular weight excluding hydrogens is 363 g/mol. The van der Waals surface area contributed by atoms with Gasteiger partial charge in [0, 0.05) is 43.8 Å². The molecule has 2 fully saturated rings.